The summed E-state index contributed by atoms with van der Waals surface area (Å²) in [6, 6.07) is 7.12. The van der Waals surface area contributed by atoms with Crippen LogP contribution in [0, 0.1) is 6.92 Å². The molecule has 0 spiro atoms. The third kappa shape index (κ3) is 4.29. The lowest BCUT2D eigenvalue weighted by Crippen LogP contribution is -2.39. The largest absolute Gasteiger partial charge is 0.362 e. The molecule has 1 aromatic heterocycles. The first kappa shape index (κ1) is 16.5. The highest BCUT2D eigenvalue weighted by atomic mass is 35.5. The van der Waals surface area contributed by atoms with Gasteiger partial charge in [0.1, 0.15) is 13.2 Å². The first-order valence-corrected chi connectivity index (χ1v) is 7.29. The van der Waals surface area contributed by atoms with Crippen molar-refractivity contribution in [2.45, 2.75) is 33.4 Å². The van der Waals surface area contributed by atoms with Crippen molar-refractivity contribution in [1.29, 1.82) is 0 Å². The molecule has 0 N–H and O–H groups in total. The zero-order chi connectivity index (χ0) is 16.1. The van der Waals surface area contributed by atoms with Gasteiger partial charge in [0.05, 0.1) is 0 Å². The highest BCUT2D eigenvalue weighted by Crippen LogP contribution is 2.20. The van der Waals surface area contributed by atoms with Crippen LogP contribution < -0.4 is 4.90 Å². The zero-order valence-corrected chi connectivity index (χ0v) is 13.5. The Morgan fingerprint density at radius 2 is 2.05 bits per heavy atom. The molecule has 0 saturated carbocycles. The predicted molar refractivity (Wildman–Crippen MR) is 82.8 cm³/mol. The van der Waals surface area contributed by atoms with Crippen molar-refractivity contribution < 1.29 is 14.1 Å². The van der Waals surface area contributed by atoms with E-state index in [-0.39, 0.29) is 25.2 Å². The molecule has 0 aliphatic rings. The molecule has 0 unspecified atom stereocenters. The number of nitrogens with zero attached hydrogens (tertiary/aromatic N) is 3. The molecule has 2 aromatic rings. The molecule has 6 nitrogen and oxygen atoms in total. The minimum atomic E-state index is -0.145. The van der Waals surface area contributed by atoms with E-state index in [9.17, 15) is 4.79 Å². The fraction of sp³-hybridized carbons (Fsp3) is 0.400. The molecule has 22 heavy (non-hydrogen) atoms. The summed E-state index contributed by atoms with van der Waals surface area (Å²) >= 11 is 5.88. The first-order valence-electron chi connectivity index (χ1n) is 6.92. The minimum absolute atomic E-state index is 0.00271. The van der Waals surface area contributed by atoms with Gasteiger partial charge in [0.25, 0.3) is 11.8 Å². The van der Waals surface area contributed by atoms with Crippen LogP contribution in [-0.2, 0) is 16.1 Å². The lowest BCUT2D eigenvalue weighted by Gasteiger charge is -2.26. The number of benzene rings is 1. The highest BCUT2D eigenvalue weighted by Gasteiger charge is 2.19. The summed E-state index contributed by atoms with van der Waals surface area (Å²) in [5.41, 5.74) is 0.779. The Bertz CT molecular complexity index is 625. The lowest BCUT2D eigenvalue weighted by molar-refractivity contribution is -0.124. The van der Waals surface area contributed by atoms with E-state index in [4.69, 9.17) is 20.9 Å². The fourth-order valence-electron chi connectivity index (χ4n) is 2.03. The summed E-state index contributed by atoms with van der Waals surface area (Å²) in [6.45, 7) is 5.64. The number of aromatic nitrogens is 2. The second-order valence-electron chi connectivity index (χ2n) is 5.06. The maximum Gasteiger partial charge on any atom is 0.253 e. The Morgan fingerprint density at radius 3 is 2.59 bits per heavy atom. The first-order chi connectivity index (χ1) is 10.5. The van der Waals surface area contributed by atoms with E-state index >= 15 is 0 Å². The summed E-state index contributed by atoms with van der Waals surface area (Å²) in [4.78, 5) is 18.0. The second-order valence-corrected chi connectivity index (χ2v) is 5.50. The molecular weight excluding hydrogens is 306 g/mol. The number of hydrogen-bond donors (Lipinski definition) is 0. The van der Waals surface area contributed by atoms with Gasteiger partial charge in [0, 0.05) is 16.8 Å². The van der Waals surface area contributed by atoms with E-state index in [1.807, 2.05) is 26.0 Å². The van der Waals surface area contributed by atoms with E-state index in [1.165, 1.54) is 0 Å². The summed E-state index contributed by atoms with van der Waals surface area (Å²) < 4.78 is 10.3. The van der Waals surface area contributed by atoms with Crippen molar-refractivity contribution in [2.75, 3.05) is 11.5 Å². The number of hydrogen-bond acceptors (Lipinski definition) is 5. The van der Waals surface area contributed by atoms with Gasteiger partial charge >= 0.3 is 0 Å². The fourth-order valence-corrected chi connectivity index (χ4v) is 2.15. The minimum Gasteiger partial charge on any atom is -0.362 e. The van der Waals surface area contributed by atoms with E-state index in [0.717, 1.165) is 5.69 Å². The van der Waals surface area contributed by atoms with Crippen LogP contribution in [-0.4, -0.2) is 28.7 Å². The van der Waals surface area contributed by atoms with Crippen LogP contribution in [0.4, 0.5) is 5.69 Å². The summed E-state index contributed by atoms with van der Waals surface area (Å²) in [6.07, 6.45) is 0. The topological polar surface area (TPSA) is 68.5 Å². The van der Waals surface area contributed by atoms with E-state index in [2.05, 4.69) is 10.1 Å². The summed E-state index contributed by atoms with van der Waals surface area (Å²) in [7, 11) is 0. The van der Waals surface area contributed by atoms with Gasteiger partial charge in [-0.05, 0) is 45.0 Å². The number of amides is 1. The number of carbonyl (C=O) groups excluding carboxylic acids is 1. The number of carbonyl (C=O) groups is 1. The molecule has 0 aliphatic heterocycles. The van der Waals surface area contributed by atoms with Gasteiger partial charge in [0.2, 0.25) is 0 Å². The van der Waals surface area contributed by atoms with Gasteiger partial charge in [-0.15, -0.1) is 0 Å². The molecule has 1 amide bonds. The van der Waals surface area contributed by atoms with Crippen molar-refractivity contribution in [1.82, 2.24) is 10.1 Å². The maximum absolute atomic E-state index is 12.4. The molecule has 0 fully saturated rings. The number of aryl methyl sites for hydroxylation is 1. The maximum atomic E-state index is 12.4. The average Bonchev–Trinajstić information content (AvgIpc) is 2.86. The lowest BCUT2D eigenvalue weighted by atomic mass is 10.2. The molecule has 0 atom stereocenters. The molecule has 0 bridgehead atoms. The number of anilines is 1. The molecule has 1 heterocycles. The predicted octanol–water partition coefficient (Wildman–Crippen LogP) is 2.99. The number of halogens is 1. The van der Waals surface area contributed by atoms with Crippen molar-refractivity contribution in [3.05, 3.63) is 41.0 Å². The normalized spacial score (nSPS) is 11.0. The highest BCUT2D eigenvalue weighted by molar-refractivity contribution is 6.30. The zero-order valence-electron chi connectivity index (χ0n) is 12.7. The Labute approximate surface area is 134 Å². The van der Waals surface area contributed by atoms with Gasteiger partial charge in [-0.3, -0.25) is 4.79 Å². The number of ether oxygens (including phenoxy) is 1. The third-order valence-electron chi connectivity index (χ3n) is 2.91. The van der Waals surface area contributed by atoms with Crippen LogP contribution in [0.1, 0.15) is 25.6 Å². The van der Waals surface area contributed by atoms with Crippen LogP contribution in [0.5, 0.6) is 0 Å². The van der Waals surface area contributed by atoms with Gasteiger partial charge < -0.3 is 14.2 Å². The molecular formula is C15H18ClN3O3. The smallest absolute Gasteiger partial charge is 0.253 e. The SMILES string of the molecule is Cc1noc(COCC(=O)N(c2ccc(Cl)cc2)C(C)C)n1. The van der Waals surface area contributed by atoms with Crippen molar-refractivity contribution in [2.24, 2.45) is 0 Å². The molecule has 7 heteroatoms. The standard InChI is InChI=1S/C15H18ClN3O3/c1-10(2)19(13-6-4-12(16)5-7-13)15(20)9-21-8-14-17-11(3)18-22-14/h4-7,10H,8-9H2,1-3H3. The molecule has 0 radical (unpaired) electrons. The van der Waals surface area contributed by atoms with Gasteiger partial charge in [-0.1, -0.05) is 16.8 Å². The molecule has 0 aliphatic carbocycles. The van der Waals surface area contributed by atoms with Crippen molar-refractivity contribution >= 4 is 23.2 Å². The van der Waals surface area contributed by atoms with Crippen LogP contribution >= 0.6 is 11.6 Å². The summed E-state index contributed by atoms with van der Waals surface area (Å²) in [5.74, 6) is 0.747. The monoisotopic (exact) mass is 323 g/mol. The quantitative estimate of drug-likeness (QED) is 0.817. The van der Waals surface area contributed by atoms with E-state index in [1.54, 1.807) is 24.0 Å². The van der Waals surface area contributed by atoms with Gasteiger partial charge in [0.15, 0.2) is 5.82 Å². The van der Waals surface area contributed by atoms with Gasteiger partial charge in [-0.25, -0.2) is 0 Å². The molecule has 1 aromatic carbocycles. The molecule has 2 rings (SSSR count). The Kier molecular flexibility index (Phi) is 5.51. The van der Waals surface area contributed by atoms with E-state index in [0.29, 0.717) is 16.7 Å². The van der Waals surface area contributed by atoms with Crippen LogP contribution in [0.2, 0.25) is 5.02 Å². The number of rotatable bonds is 6. The molecule has 118 valence electrons. The van der Waals surface area contributed by atoms with Gasteiger partial charge in [-0.2, -0.15) is 4.98 Å². The summed E-state index contributed by atoms with van der Waals surface area (Å²) in [5, 5.41) is 4.29. The average molecular weight is 324 g/mol. The Balaban J connectivity index is 1.96. The van der Waals surface area contributed by atoms with Crippen LogP contribution in [0.3, 0.4) is 0 Å². The Hall–Kier alpha value is -1.92. The van der Waals surface area contributed by atoms with Crippen LogP contribution in [0.15, 0.2) is 28.8 Å². The third-order valence-corrected chi connectivity index (χ3v) is 3.16. The Morgan fingerprint density at radius 1 is 1.36 bits per heavy atom. The van der Waals surface area contributed by atoms with E-state index < -0.39 is 0 Å². The van der Waals surface area contributed by atoms with Crippen molar-refractivity contribution in [3.63, 3.8) is 0 Å². The van der Waals surface area contributed by atoms with Crippen molar-refractivity contribution in [3.8, 4) is 0 Å². The second kappa shape index (κ2) is 7.38. The molecule has 0 saturated heterocycles. The van der Waals surface area contributed by atoms with Crippen LogP contribution in [0.25, 0.3) is 0 Å².